The monoisotopic (exact) mass is 319 g/mol. The second-order valence-corrected chi connectivity index (χ2v) is 5.10. The molecule has 0 aliphatic carbocycles. The van der Waals surface area contributed by atoms with Crippen LogP contribution in [0.15, 0.2) is 67.0 Å². The summed E-state index contributed by atoms with van der Waals surface area (Å²) >= 11 is 0. The van der Waals surface area contributed by atoms with Crippen molar-refractivity contribution in [2.75, 3.05) is 5.32 Å². The molecule has 0 fully saturated rings. The summed E-state index contributed by atoms with van der Waals surface area (Å²) in [7, 11) is 0. The maximum absolute atomic E-state index is 13.9. The first-order valence-corrected chi connectivity index (χ1v) is 7.35. The van der Waals surface area contributed by atoms with Crippen LogP contribution in [0.5, 0.6) is 11.5 Å². The molecular weight excluding hydrogens is 305 g/mol. The minimum absolute atomic E-state index is 0.0819. The van der Waals surface area contributed by atoms with Crippen LogP contribution in [0, 0.1) is 17.1 Å². The molecule has 0 bridgehead atoms. The van der Waals surface area contributed by atoms with Crippen LogP contribution in [0.3, 0.4) is 0 Å². The number of ether oxygens (including phenoxy) is 1. The molecule has 0 amide bonds. The molecule has 0 aliphatic rings. The third-order valence-corrected chi connectivity index (χ3v) is 3.34. The van der Waals surface area contributed by atoms with Crippen LogP contribution < -0.4 is 10.1 Å². The largest absolute Gasteiger partial charge is 0.454 e. The van der Waals surface area contributed by atoms with Crippen molar-refractivity contribution in [1.29, 1.82) is 5.26 Å². The zero-order valence-electron chi connectivity index (χ0n) is 12.7. The van der Waals surface area contributed by atoms with Crippen molar-refractivity contribution in [1.82, 2.24) is 4.98 Å². The number of anilines is 1. The van der Waals surface area contributed by atoms with E-state index in [1.807, 2.05) is 30.3 Å². The molecule has 0 spiro atoms. The number of aromatic nitrogens is 1. The normalized spacial score (nSPS) is 10.0. The van der Waals surface area contributed by atoms with Crippen LogP contribution in [0.25, 0.3) is 0 Å². The molecule has 118 valence electrons. The van der Waals surface area contributed by atoms with Crippen molar-refractivity contribution < 1.29 is 9.13 Å². The highest BCUT2D eigenvalue weighted by Gasteiger charge is 2.06. The number of benzene rings is 2. The molecule has 1 aromatic heterocycles. The van der Waals surface area contributed by atoms with E-state index in [1.54, 1.807) is 24.5 Å². The fraction of sp³-hybridized carbons (Fsp3) is 0.0526. The van der Waals surface area contributed by atoms with Gasteiger partial charge >= 0.3 is 0 Å². The second-order valence-electron chi connectivity index (χ2n) is 5.10. The Bertz CT molecular complexity index is 875. The van der Waals surface area contributed by atoms with Gasteiger partial charge in [0.25, 0.3) is 0 Å². The molecular formula is C19H14FN3O. The lowest BCUT2D eigenvalue weighted by Gasteiger charge is -2.10. The van der Waals surface area contributed by atoms with Gasteiger partial charge in [0.15, 0.2) is 11.6 Å². The molecule has 1 N–H and O–H groups in total. The van der Waals surface area contributed by atoms with Crippen molar-refractivity contribution in [3.8, 4) is 17.6 Å². The van der Waals surface area contributed by atoms with Gasteiger partial charge in [-0.05, 0) is 42.0 Å². The Balaban J connectivity index is 1.70. The van der Waals surface area contributed by atoms with Gasteiger partial charge in [0.1, 0.15) is 5.75 Å². The zero-order chi connectivity index (χ0) is 16.8. The lowest BCUT2D eigenvalue weighted by Crippen LogP contribution is -1.99. The van der Waals surface area contributed by atoms with Gasteiger partial charge in [-0.3, -0.25) is 4.98 Å². The summed E-state index contributed by atoms with van der Waals surface area (Å²) in [6, 6.07) is 17.1. The van der Waals surface area contributed by atoms with Gasteiger partial charge in [-0.25, -0.2) is 4.39 Å². The van der Waals surface area contributed by atoms with E-state index in [9.17, 15) is 4.39 Å². The van der Waals surface area contributed by atoms with Crippen LogP contribution in [0.1, 0.15) is 11.1 Å². The molecule has 0 atom stereocenters. The molecule has 4 nitrogen and oxygen atoms in total. The topological polar surface area (TPSA) is 57.9 Å². The first kappa shape index (κ1) is 15.5. The van der Waals surface area contributed by atoms with Gasteiger partial charge in [0.2, 0.25) is 0 Å². The predicted molar refractivity (Wildman–Crippen MR) is 89.2 cm³/mol. The predicted octanol–water partition coefficient (Wildman–Crippen LogP) is 4.50. The van der Waals surface area contributed by atoms with Crippen LogP contribution >= 0.6 is 0 Å². The summed E-state index contributed by atoms with van der Waals surface area (Å²) in [4.78, 5) is 4.06. The molecule has 2 aromatic carbocycles. The number of nitrogens with one attached hydrogen (secondary N) is 1. The Morgan fingerprint density at radius 2 is 2.04 bits per heavy atom. The summed E-state index contributed by atoms with van der Waals surface area (Å²) in [5, 5.41) is 12.0. The molecule has 0 radical (unpaired) electrons. The van der Waals surface area contributed by atoms with Crippen molar-refractivity contribution in [3.63, 3.8) is 0 Å². The highest BCUT2D eigenvalue weighted by Crippen LogP contribution is 2.27. The third kappa shape index (κ3) is 3.87. The van der Waals surface area contributed by atoms with Gasteiger partial charge in [-0.2, -0.15) is 5.26 Å². The summed E-state index contributed by atoms with van der Waals surface area (Å²) in [5.41, 5.74) is 2.17. The lowest BCUT2D eigenvalue weighted by molar-refractivity contribution is 0.442. The van der Waals surface area contributed by atoms with E-state index in [0.29, 0.717) is 12.3 Å². The molecule has 3 rings (SSSR count). The number of rotatable bonds is 5. The van der Waals surface area contributed by atoms with E-state index < -0.39 is 5.82 Å². The van der Waals surface area contributed by atoms with Crippen molar-refractivity contribution in [2.24, 2.45) is 0 Å². The molecule has 0 aliphatic heterocycles. The first-order chi connectivity index (χ1) is 11.7. The lowest BCUT2D eigenvalue weighted by atomic mass is 10.2. The average molecular weight is 319 g/mol. The van der Waals surface area contributed by atoms with Gasteiger partial charge in [-0.15, -0.1) is 0 Å². The van der Waals surface area contributed by atoms with E-state index in [0.717, 1.165) is 17.3 Å². The molecule has 3 aromatic rings. The SMILES string of the molecule is N#Cc1ccc(Oc2cccc(NCc3cccnc3)c2)c(F)c1. The van der Waals surface area contributed by atoms with E-state index in [-0.39, 0.29) is 11.3 Å². The first-order valence-electron chi connectivity index (χ1n) is 7.35. The second kappa shape index (κ2) is 7.25. The van der Waals surface area contributed by atoms with E-state index in [2.05, 4.69) is 10.3 Å². The molecule has 5 heteroatoms. The molecule has 0 saturated carbocycles. The number of nitrogens with zero attached hydrogens (tertiary/aromatic N) is 2. The highest BCUT2D eigenvalue weighted by molar-refractivity contribution is 5.50. The minimum Gasteiger partial charge on any atom is -0.454 e. The van der Waals surface area contributed by atoms with Crippen LogP contribution in [0.4, 0.5) is 10.1 Å². The summed E-state index contributed by atoms with van der Waals surface area (Å²) in [6.07, 6.45) is 3.52. The fourth-order valence-electron chi connectivity index (χ4n) is 2.16. The number of halogens is 1. The molecule has 0 unspecified atom stereocenters. The smallest absolute Gasteiger partial charge is 0.167 e. The summed E-state index contributed by atoms with van der Waals surface area (Å²) in [6.45, 7) is 0.628. The van der Waals surface area contributed by atoms with Crippen LogP contribution in [-0.4, -0.2) is 4.98 Å². The maximum Gasteiger partial charge on any atom is 0.167 e. The van der Waals surface area contributed by atoms with E-state index in [4.69, 9.17) is 10.00 Å². The molecule has 24 heavy (non-hydrogen) atoms. The van der Waals surface area contributed by atoms with Gasteiger partial charge < -0.3 is 10.1 Å². The van der Waals surface area contributed by atoms with Gasteiger partial charge in [-0.1, -0.05) is 12.1 Å². The Hall–Kier alpha value is -3.39. The number of pyridine rings is 1. The van der Waals surface area contributed by atoms with Gasteiger partial charge in [0, 0.05) is 30.7 Å². The van der Waals surface area contributed by atoms with E-state index in [1.165, 1.54) is 12.1 Å². The van der Waals surface area contributed by atoms with Crippen molar-refractivity contribution in [3.05, 3.63) is 83.9 Å². The Labute approximate surface area is 139 Å². The number of hydrogen-bond acceptors (Lipinski definition) is 4. The quantitative estimate of drug-likeness (QED) is 0.752. The molecule has 0 saturated heterocycles. The van der Waals surface area contributed by atoms with Crippen LogP contribution in [-0.2, 0) is 6.54 Å². The Morgan fingerprint density at radius 1 is 1.12 bits per heavy atom. The number of hydrogen-bond donors (Lipinski definition) is 1. The maximum atomic E-state index is 13.9. The number of nitriles is 1. The summed E-state index contributed by atoms with van der Waals surface area (Å²) < 4.78 is 19.5. The average Bonchev–Trinajstić information content (AvgIpc) is 2.63. The highest BCUT2D eigenvalue weighted by atomic mass is 19.1. The Morgan fingerprint density at radius 3 is 2.79 bits per heavy atom. The third-order valence-electron chi connectivity index (χ3n) is 3.34. The van der Waals surface area contributed by atoms with Crippen molar-refractivity contribution in [2.45, 2.75) is 6.54 Å². The van der Waals surface area contributed by atoms with Crippen molar-refractivity contribution >= 4 is 5.69 Å². The minimum atomic E-state index is -0.567. The van der Waals surface area contributed by atoms with E-state index >= 15 is 0 Å². The molecule has 1 heterocycles. The Kier molecular flexibility index (Phi) is 4.68. The standard InChI is InChI=1S/C19H14FN3O/c20-18-9-14(11-21)6-7-19(18)24-17-5-1-4-16(10-17)23-13-15-3-2-8-22-12-15/h1-10,12,23H,13H2. The zero-order valence-corrected chi connectivity index (χ0v) is 12.7. The summed E-state index contributed by atoms with van der Waals surface area (Å²) in [5.74, 6) is 0.0241. The van der Waals surface area contributed by atoms with Crippen LogP contribution in [0.2, 0.25) is 0 Å². The van der Waals surface area contributed by atoms with Gasteiger partial charge in [0.05, 0.1) is 11.6 Å². The fourth-order valence-corrected chi connectivity index (χ4v) is 2.16.